The van der Waals surface area contributed by atoms with Gasteiger partial charge in [-0.3, -0.25) is 19.3 Å². The maximum atomic E-state index is 13.8. The van der Waals surface area contributed by atoms with E-state index in [1.165, 1.54) is 12.1 Å². The molecule has 8 rings (SSSR count). The van der Waals surface area contributed by atoms with E-state index < -0.39 is 11.5 Å². The summed E-state index contributed by atoms with van der Waals surface area (Å²) in [5.74, 6) is 0.739. The quantitative estimate of drug-likeness (QED) is 0.113. The summed E-state index contributed by atoms with van der Waals surface area (Å²) >= 11 is 0. The zero-order valence-corrected chi connectivity index (χ0v) is 28.8. The van der Waals surface area contributed by atoms with E-state index in [0.29, 0.717) is 46.8 Å². The van der Waals surface area contributed by atoms with Gasteiger partial charge in [0.05, 0.1) is 18.2 Å². The Hall–Kier alpha value is -4.71. The lowest BCUT2D eigenvalue weighted by molar-refractivity contribution is -0.171. The molecule has 5 heterocycles. The van der Waals surface area contributed by atoms with Crippen LogP contribution in [0.2, 0.25) is 0 Å². The Bertz CT molecular complexity index is 1880. The largest absolute Gasteiger partial charge is 0.506 e. The first kappa shape index (κ1) is 34.7. The van der Waals surface area contributed by atoms with Crippen molar-refractivity contribution >= 4 is 22.8 Å². The molecule has 4 aromatic rings. The number of aliphatic hydroxyl groups is 1. The molecule has 0 saturated carbocycles. The Balaban J connectivity index is 0.834. The van der Waals surface area contributed by atoms with Gasteiger partial charge in [0, 0.05) is 43.2 Å². The number of aromatic nitrogens is 1. The Morgan fingerprint density at radius 1 is 0.941 bits per heavy atom. The van der Waals surface area contributed by atoms with Crippen molar-refractivity contribution in [3.05, 3.63) is 106 Å². The number of hydrogen-bond donors (Lipinski definition) is 4. The molecule has 4 N–H and O–H groups in total. The highest BCUT2D eigenvalue weighted by Gasteiger charge is 2.54. The van der Waals surface area contributed by atoms with E-state index in [1.54, 1.807) is 29.2 Å². The number of amides is 1. The molecule has 11 nitrogen and oxygen atoms in total. The molecule has 0 spiro atoms. The topological polar surface area (TPSA) is 144 Å². The van der Waals surface area contributed by atoms with Crippen molar-refractivity contribution in [2.75, 3.05) is 52.4 Å². The average Bonchev–Trinajstić information content (AvgIpc) is 3.13. The molecule has 1 aromatic heterocycles. The number of piperidine rings is 3. The fraction of sp³-hybridized carbons (Fsp3) is 0.425. The number of aromatic amines is 1. The maximum Gasteiger partial charge on any atom is 0.320 e. The fourth-order valence-electron chi connectivity index (χ4n) is 7.72. The van der Waals surface area contributed by atoms with Crippen LogP contribution in [0.1, 0.15) is 59.7 Å². The number of carbonyl (C=O) groups is 2. The summed E-state index contributed by atoms with van der Waals surface area (Å²) in [5, 5.41) is 24.7. The van der Waals surface area contributed by atoms with Gasteiger partial charge >= 0.3 is 5.97 Å². The molecule has 0 radical (unpaired) electrons. The number of nitrogens with zero attached hydrogens (tertiary/aromatic N) is 2. The Kier molecular flexibility index (Phi) is 10.4. The SMILES string of the molecule is O=C(c1ccc(OCCCCCNCC(O)c2ccc(O)c3[nH]c(=O)ccc23)cc1)N1CC(C(=O)O[C@H]2CN3CCC2CC3)(c2ccccc2)C1. The van der Waals surface area contributed by atoms with Gasteiger partial charge in [-0.1, -0.05) is 36.4 Å². The summed E-state index contributed by atoms with van der Waals surface area (Å²) in [4.78, 5) is 45.6. The van der Waals surface area contributed by atoms with E-state index >= 15 is 0 Å². The average molecular weight is 695 g/mol. The first-order valence-electron chi connectivity index (χ1n) is 18.1. The molecule has 0 aliphatic carbocycles. The van der Waals surface area contributed by atoms with Gasteiger partial charge in [-0.2, -0.15) is 0 Å². The molecule has 4 aliphatic rings. The van der Waals surface area contributed by atoms with Crippen molar-refractivity contribution in [2.45, 2.75) is 49.7 Å². The number of phenols is 1. The molecule has 3 aromatic carbocycles. The smallest absolute Gasteiger partial charge is 0.320 e. The maximum absolute atomic E-state index is 13.8. The highest BCUT2D eigenvalue weighted by molar-refractivity contribution is 5.98. The lowest BCUT2D eigenvalue weighted by Crippen LogP contribution is -2.66. The van der Waals surface area contributed by atoms with Crippen molar-refractivity contribution in [2.24, 2.45) is 5.92 Å². The van der Waals surface area contributed by atoms with Crippen LogP contribution in [0.5, 0.6) is 11.5 Å². The van der Waals surface area contributed by atoms with E-state index in [-0.39, 0.29) is 42.4 Å². The normalized spacial score (nSPS) is 21.2. The number of carbonyl (C=O) groups excluding carboxylic acids is 2. The number of unbranched alkanes of at least 4 members (excludes halogenated alkanes) is 2. The summed E-state index contributed by atoms with van der Waals surface area (Å²) < 4.78 is 12.1. The molecular formula is C40H46N4O7. The first-order valence-corrected chi connectivity index (χ1v) is 18.1. The number of ether oxygens (including phenoxy) is 2. The number of rotatable bonds is 14. The van der Waals surface area contributed by atoms with Crippen molar-refractivity contribution in [1.29, 1.82) is 0 Å². The monoisotopic (exact) mass is 694 g/mol. The second-order valence-corrected chi connectivity index (χ2v) is 14.1. The molecule has 268 valence electrons. The fourth-order valence-corrected chi connectivity index (χ4v) is 7.72. The van der Waals surface area contributed by atoms with Crippen LogP contribution < -0.4 is 15.6 Å². The van der Waals surface area contributed by atoms with Crippen LogP contribution in [-0.4, -0.2) is 95.4 Å². The predicted octanol–water partition coefficient (Wildman–Crippen LogP) is 4.14. The second kappa shape index (κ2) is 15.3. The third-order valence-electron chi connectivity index (χ3n) is 10.8. The van der Waals surface area contributed by atoms with Gasteiger partial charge in [-0.15, -0.1) is 0 Å². The number of hydrogen-bond acceptors (Lipinski definition) is 9. The molecule has 4 saturated heterocycles. The van der Waals surface area contributed by atoms with E-state index in [2.05, 4.69) is 15.2 Å². The summed E-state index contributed by atoms with van der Waals surface area (Å²) in [6.07, 6.45) is 3.96. The molecule has 2 atom stereocenters. The van der Waals surface area contributed by atoms with Crippen molar-refractivity contribution in [1.82, 2.24) is 20.1 Å². The van der Waals surface area contributed by atoms with E-state index in [0.717, 1.165) is 63.8 Å². The van der Waals surface area contributed by atoms with E-state index in [4.69, 9.17) is 9.47 Å². The van der Waals surface area contributed by atoms with Crippen LogP contribution in [0.4, 0.5) is 0 Å². The van der Waals surface area contributed by atoms with Crippen LogP contribution in [0.25, 0.3) is 10.9 Å². The number of likely N-dealkylation sites (tertiary alicyclic amines) is 1. The highest BCUT2D eigenvalue weighted by Crippen LogP contribution is 2.39. The van der Waals surface area contributed by atoms with Crippen LogP contribution in [0.3, 0.4) is 0 Å². The van der Waals surface area contributed by atoms with Crippen molar-refractivity contribution in [3.8, 4) is 11.5 Å². The Morgan fingerprint density at radius 2 is 1.71 bits per heavy atom. The van der Waals surface area contributed by atoms with Crippen LogP contribution in [0.15, 0.2) is 83.7 Å². The number of aromatic hydroxyl groups is 1. The lowest BCUT2D eigenvalue weighted by Gasteiger charge is -2.50. The summed E-state index contributed by atoms with van der Waals surface area (Å²) in [5.41, 5.74) is 1.23. The van der Waals surface area contributed by atoms with Gasteiger partial charge < -0.3 is 34.9 Å². The number of aliphatic hydroxyl groups excluding tert-OH is 1. The minimum Gasteiger partial charge on any atom is -0.506 e. The molecule has 1 amide bonds. The lowest BCUT2D eigenvalue weighted by atomic mass is 9.73. The van der Waals surface area contributed by atoms with Gasteiger partial charge in [-0.05, 0) is 105 Å². The van der Waals surface area contributed by atoms with E-state index in [1.807, 2.05) is 42.5 Å². The van der Waals surface area contributed by atoms with Crippen LogP contribution in [0, 0.1) is 5.92 Å². The third kappa shape index (κ3) is 7.51. The zero-order valence-electron chi connectivity index (χ0n) is 28.8. The zero-order chi connectivity index (χ0) is 35.4. The van der Waals surface area contributed by atoms with Crippen LogP contribution in [-0.2, 0) is 14.9 Å². The molecule has 2 bridgehead atoms. The predicted molar refractivity (Wildman–Crippen MR) is 193 cm³/mol. The van der Waals surface area contributed by atoms with Gasteiger partial charge in [0.25, 0.3) is 5.91 Å². The number of pyridine rings is 1. The Morgan fingerprint density at radius 3 is 2.43 bits per heavy atom. The van der Waals surface area contributed by atoms with Gasteiger partial charge in [0.2, 0.25) is 5.56 Å². The number of nitrogens with one attached hydrogen (secondary N) is 2. The number of phenolic OH excluding ortho intramolecular Hbond substituents is 1. The molecule has 4 fully saturated rings. The number of H-pyrrole nitrogens is 1. The van der Waals surface area contributed by atoms with Crippen LogP contribution >= 0.6 is 0 Å². The minimum atomic E-state index is -0.856. The number of benzene rings is 3. The van der Waals surface area contributed by atoms with Crippen molar-refractivity contribution in [3.63, 3.8) is 0 Å². The second-order valence-electron chi connectivity index (χ2n) is 14.1. The number of fused-ring (bicyclic) bond motifs is 4. The number of esters is 1. The highest BCUT2D eigenvalue weighted by atomic mass is 16.5. The minimum absolute atomic E-state index is 0.0327. The Labute approximate surface area is 297 Å². The van der Waals surface area contributed by atoms with Gasteiger partial charge in [0.1, 0.15) is 23.0 Å². The molecule has 4 aliphatic heterocycles. The summed E-state index contributed by atoms with van der Waals surface area (Å²) in [7, 11) is 0. The molecular weight excluding hydrogens is 648 g/mol. The third-order valence-corrected chi connectivity index (χ3v) is 10.8. The van der Waals surface area contributed by atoms with Gasteiger partial charge in [-0.25, -0.2) is 0 Å². The summed E-state index contributed by atoms with van der Waals surface area (Å²) in [6, 6.07) is 23.0. The van der Waals surface area contributed by atoms with E-state index in [9.17, 15) is 24.6 Å². The van der Waals surface area contributed by atoms with Gasteiger partial charge in [0.15, 0.2) is 0 Å². The van der Waals surface area contributed by atoms with Crippen molar-refractivity contribution < 1.29 is 29.3 Å². The first-order chi connectivity index (χ1) is 24.8. The molecule has 1 unspecified atom stereocenters. The molecule has 51 heavy (non-hydrogen) atoms. The summed E-state index contributed by atoms with van der Waals surface area (Å²) in [6.45, 7) is 5.14. The molecule has 11 heteroatoms. The standard InChI is InChI=1S/C40H46N4O7/c45-33-15-13-31(32-14-16-36(47)42-37(32)33)34(46)23-41-19-5-2-6-22-50-30-11-9-28(10-12-30)38(48)44-25-40(26-44,29-7-3-1-4-8-29)39(49)51-35-24-43-20-17-27(35)18-21-43/h1,3-4,7-16,27,34-35,41,45-46H,2,5-6,17-26H2,(H,42,47)/t34?,35-/m0/s1.